The topological polar surface area (TPSA) is 113 Å². The summed E-state index contributed by atoms with van der Waals surface area (Å²) in [6, 6.07) is 4.10. The highest BCUT2D eigenvalue weighted by Crippen LogP contribution is 2.33. The van der Waals surface area contributed by atoms with Crippen LogP contribution in [0.1, 0.15) is 16.2 Å². The molecule has 0 fully saturated rings. The van der Waals surface area contributed by atoms with Crippen LogP contribution in [-0.4, -0.2) is 48.7 Å². The van der Waals surface area contributed by atoms with Gasteiger partial charge in [0, 0.05) is 14.1 Å². The Bertz CT molecular complexity index is 789. The van der Waals surface area contributed by atoms with E-state index in [1.807, 2.05) is 0 Å². The number of nitrogen functional groups attached to an aromatic ring is 1. The Balaban J connectivity index is 2.21. The average molecular weight is 369 g/mol. The minimum Gasteiger partial charge on any atom is -0.493 e. The standard InChI is InChI=1S/C15H17F2N5O4/c1-22(2)15-20-10(19-14(18)21-15)7-25-12(23)8-5-4-6-9(24-3)11(8)26-13(16)17/h4-6,13H,7H2,1-3H3,(H2,18,19,20,21). The number of rotatable bonds is 7. The van der Waals surface area contributed by atoms with E-state index in [1.54, 1.807) is 19.0 Å². The average Bonchev–Trinajstić information content (AvgIpc) is 2.58. The second-order valence-corrected chi connectivity index (χ2v) is 5.10. The first-order valence-corrected chi connectivity index (χ1v) is 7.28. The van der Waals surface area contributed by atoms with Gasteiger partial charge in [0.15, 0.2) is 23.9 Å². The van der Waals surface area contributed by atoms with Gasteiger partial charge in [0.25, 0.3) is 0 Å². The van der Waals surface area contributed by atoms with Gasteiger partial charge < -0.3 is 24.8 Å². The van der Waals surface area contributed by atoms with E-state index in [1.165, 1.54) is 25.3 Å². The molecule has 2 N–H and O–H groups in total. The van der Waals surface area contributed by atoms with Crippen molar-refractivity contribution in [1.29, 1.82) is 0 Å². The monoisotopic (exact) mass is 369 g/mol. The molecule has 0 spiro atoms. The molecule has 0 atom stereocenters. The minimum atomic E-state index is -3.14. The highest BCUT2D eigenvalue weighted by atomic mass is 19.3. The van der Waals surface area contributed by atoms with Crippen LogP contribution in [0, 0.1) is 0 Å². The number of nitrogens with zero attached hydrogens (tertiary/aromatic N) is 4. The maximum atomic E-state index is 12.6. The fourth-order valence-electron chi connectivity index (χ4n) is 1.95. The predicted octanol–water partition coefficient (Wildman–Crippen LogP) is 1.49. The van der Waals surface area contributed by atoms with Crippen LogP contribution < -0.4 is 20.1 Å². The van der Waals surface area contributed by atoms with Gasteiger partial charge in [0.05, 0.1) is 7.11 Å². The summed E-state index contributed by atoms with van der Waals surface area (Å²) >= 11 is 0. The fourth-order valence-corrected chi connectivity index (χ4v) is 1.95. The molecular formula is C15H17F2N5O4. The smallest absolute Gasteiger partial charge is 0.387 e. The maximum Gasteiger partial charge on any atom is 0.387 e. The number of benzene rings is 1. The number of nitrogens with two attached hydrogens (primary N) is 1. The lowest BCUT2D eigenvalue weighted by Gasteiger charge is -2.14. The number of methoxy groups -OCH3 is 1. The Morgan fingerprint density at radius 1 is 1.27 bits per heavy atom. The molecule has 0 unspecified atom stereocenters. The molecular weight excluding hydrogens is 352 g/mol. The normalized spacial score (nSPS) is 10.5. The highest BCUT2D eigenvalue weighted by Gasteiger charge is 2.22. The minimum absolute atomic E-state index is 0.0287. The zero-order chi connectivity index (χ0) is 19.3. The maximum absolute atomic E-state index is 12.6. The first-order valence-electron chi connectivity index (χ1n) is 7.28. The summed E-state index contributed by atoms with van der Waals surface area (Å²) in [7, 11) is 4.67. The van der Waals surface area contributed by atoms with E-state index >= 15 is 0 Å². The number of carbonyl (C=O) groups excluding carboxylic acids is 1. The Hall–Kier alpha value is -3.24. The summed E-state index contributed by atoms with van der Waals surface area (Å²) in [5, 5.41) is 0. The van der Waals surface area contributed by atoms with E-state index < -0.39 is 18.3 Å². The van der Waals surface area contributed by atoms with Crippen LogP contribution in [0.4, 0.5) is 20.7 Å². The zero-order valence-corrected chi connectivity index (χ0v) is 14.3. The molecule has 1 aromatic heterocycles. The first-order chi connectivity index (χ1) is 12.3. The van der Waals surface area contributed by atoms with Crippen molar-refractivity contribution in [2.75, 3.05) is 31.8 Å². The quantitative estimate of drug-likeness (QED) is 0.725. The molecule has 0 saturated carbocycles. The molecule has 0 bridgehead atoms. The SMILES string of the molecule is COc1cccc(C(=O)OCc2nc(N)nc(N(C)C)n2)c1OC(F)F. The van der Waals surface area contributed by atoms with E-state index in [0.717, 1.165) is 0 Å². The molecule has 2 aromatic rings. The molecule has 0 radical (unpaired) electrons. The molecule has 0 aliphatic carbocycles. The van der Waals surface area contributed by atoms with Crippen molar-refractivity contribution < 1.29 is 27.8 Å². The lowest BCUT2D eigenvalue weighted by atomic mass is 10.2. The van der Waals surface area contributed by atoms with Crippen molar-refractivity contribution in [3.05, 3.63) is 29.6 Å². The van der Waals surface area contributed by atoms with E-state index in [2.05, 4.69) is 19.7 Å². The molecule has 1 heterocycles. The number of esters is 1. The molecule has 0 saturated heterocycles. The van der Waals surface area contributed by atoms with Crippen LogP contribution in [0.3, 0.4) is 0 Å². The molecule has 11 heteroatoms. The summed E-state index contributed by atoms with van der Waals surface area (Å²) in [5.41, 5.74) is 5.36. The van der Waals surface area contributed by atoms with Crippen LogP contribution in [-0.2, 0) is 11.3 Å². The van der Waals surface area contributed by atoms with Gasteiger partial charge in [-0.2, -0.15) is 23.7 Å². The summed E-state index contributed by atoms with van der Waals surface area (Å²) in [6.45, 7) is -3.47. The molecule has 0 aliphatic heterocycles. The van der Waals surface area contributed by atoms with Crippen molar-refractivity contribution in [3.63, 3.8) is 0 Å². The van der Waals surface area contributed by atoms with Gasteiger partial charge in [-0.15, -0.1) is 0 Å². The highest BCUT2D eigenvalue weighted by molar-refractivity contribution is 5.93. The van der Waals surface area contributed by atoms with Gasteiger partial charge in [0.2, 0.25) is 11.9 Å². The summed E-state index contributed by atoms with van der Waals surface area (Å²) in [4.78, 5) is 25.7. The van der Waals surface area contributed by atoms with Crippen molar-refractivity contribution in [2.45, 2.75) is 13.2 Å². The number of hydrogen-bond donors (Lipinski definition) is 1. The number of alkyl halides is 2. The largest absolute Gasteiger partial charge is 0.493 e. The lowest BCUT2D eigenvalue weighted by Crippen LogP contribution is -2.17. The zero-order valence-electron chi connectivity index (χ0n) is 14.3. The Morgan fingerprint density at radius 2 is 2.00 bits per heavy atom. The molecule has 0 aliphatic rings. The van der Waals surface area contributed by atoms with Gasteiger partial charge in [0.1, 0.15) is 5.56 Å². The van der Waals surface area contributed by atoms with Gasteiger partial charge in [-0.1, -0.05) is 6.07 Å². The van der Waals surface area contributed by atoms with Crippen molar-refractivity contribution in [3.8, 4) is 11.5 Å². The third kappa shape index (κ3) is 4.65. The van der Waals surface area contributed by atoms with Crippen LogP contribution >= 0.6 is 0 Å². The van der Waals surface area contributed by atoms with Gasteiger partial charge in [-0.3, -0.25) is 0 Å². The third-order valence-electron chi connectivity index (χ3n) is 3.05. The number of halogens is 2. The van der Waals surface area contributed by atoms with E-state index in [-0.39, 0.29) is 35.6 Å². The molecule has 2 rings (SSSR count). The summed E-state index contributed by atoms with van der Waals surface area (Å²) in [6.07, 6.45) is 0. The van der Waals surface area contributed by atoms with E-state index in [9.17, 15) is 13.6 Å². The second-order valence-electron chi connectivity index (χ2n) is 5.10. The second kappa shape index (κ2) is 8.23. The van der Waals surface area contributed by atoms with Crippen LogP contribution in [0.2, 0.25) is 0 Å². The molecule has 9 nitrogen and oxygen atoms in total. The van der Waals surface area contributed by atoms with E-state index in [0.29, 0.717) is 0 Å². The van der Waals surface area contributed by atoms with Crippen LogP contribution in [0.25, 0.3) is 0 Å². The number of aromatic nitrogens is 3. The predicted molar refractivity (Wildman–Crippen MR) is 87.3 cm³/mol. The number of anilines is 2. The first kappa shape index (κ1) is 19.1. The van der Waals surface area contributed by atoms with Gasteiger partial charge in [-0.05, 0) is 12.1 Å². The number of hydrogen-bond acceptors (Lipinski definition) is 9. The fraction of sp³-hybridized carbons (Fsp3) is 0.333. The van der Waals surface area contributed by atoms with E-state index in [4.69, 9.17) is 15.2 Å². The Morgan fingerprint density at radius 3 is 2.62 bits per heavy atom. The van der Waals surface area contributed by atoms with Gasteiger partial charge >= 0.3 is 12.6 Å². The van der Waals surface area contributed by atoms with Crippen molar-refractivity contribution in [1.82, 2.24) is 15.0 Å². The Kier molecular flexibility index (Phi) is 6.04. The van der Waals surface area contributed by atoms with Gasteiger partial charge in [-0.25, -0.2) is 4.79 Å². The number of carbonyl (C=O) groups is 1. The van der Waals surface area contributed by atoms with Crippen molar-refractivity contribution >= 4 is 17.9 Å². The molecule has 0 amide bonds. The third-order valence-corrected chi connectivity index (χ3v) is 3.05. The summed E-state index contributed by atoms with van der Waals surface area (Å²) < 4.78 is 39.6. The Labute approximate surface area is 147 Å². The lowest BCUT2D eigenvalue weighted by molar-refractivity contribution is -0.0518. The summed E-state index contributed by atoms with van der Waals surface area (Å²) in [5.74, 6) is -1.01. The number of ether oxygens (including phenoxy) is 3. The number of para-hydroxylation sites is 1. The van der Waals surface area contributed by atoms with Crippen LogP contribution in [0.5, 0.6) is 11.5 Å². The molecule has 1 aromatic carbocycles. The van der Waals surface area contributed by atoms with Crippen LogP contribution in [0.15, 0.2) is 18.2 Å². The van der Waals surface area contributed by atoms with Crippen molar-refractivity contribution in [2.24, 2.45) is 0 Å². The molecule has 26 heavy (non-hydrogen) atoms. The molecule has 140 valence electrons.